The molecule has 1 saturated heterocycles. The Morgan fingerprint density at radius 3 is 2.27 bits per heavy atom. The second-order valence-corrected chi connectivity index (χ2v) is 10.5. The molecular weight excluding hydrogens is 468 g/mol. The Hall–Kier alpha value is -4.26. The average molecular weight is 497 g/mol. The maximum Gasteiger partial charge on any atom is 0.421 e. The van der Waals surface area contributed by atoms with E-state index in [-0.39, 0.29) is 6.42 Å². The molecule has 1 fully saturated rings. The summed E-state index contributed by atoms with van der Waals surface area (Å²) in [6, 6.07) is 23.0. The molecule has 5 rings (SSSR count). The normalized spacial score (nSPS) is 21.4. The minimum atomic E-state index is -1.58. The van der Waals surface area contributed by atoms with E-state index in [0.29, 0.717) is 22.5 Å². The summed E-state index contributed by atoms with van der Waals surface area (Å²) in [6.45, 7) is 7.05. The average Bonchev–Trinajstić information content (AvgIpc) is 3.28. The van der Waals surface area contributed by atoms with E-state index in [4.69, 9.17) is 4.74 Å². The maximum atomic E-state index is 14.5. The van der Waals surface area contributed by atoms with Gasteiger partial charge in [-0.1, -0.05) is 60.7 Å². The Morgan fingerprint density at radius 1 is 0.919 bits per heavy atom. The van der Waals surface area contributed by atoms with E-state index in [0.717, 1.165) is 15.4 Å². The lowest BCUT2D eigenvalue weighted by molar-refractivity contribution is -0.130. The van der Waals surface area contributed by atoms with Gasteiger partial charge in [0, 0.05) is 6.42 Å². The molecule has 0 saturated carbocycles. The van der Waals surface area contributed by atoms with Crippen LogP contribution in [0.5, 0.6) is 0 Å². The Labute approximate surface area is 215 Å². The van der Waals surface area contributed by atoms with Gasteiger partial charge in [-0.15, -0.1) is 0 Å². The summed E-state index contributed by atoms with van der Waals surface area (Å²) in [7, 11) is 0. The number of rotatable bonds is 3. The van der Waals surface area contributed by atoms with E-state index in [1.54, 1.807) is 87.5 Å². The van der Waals surface area contributed by atoms with Crippen molar-refractivity contribution in [1.82, 2.24) is 0 Å². The highest BCUT2D eigenvalue weighted by Gasteiger charge is 2.64. The van der Waals surface area contributed by atoms with Crippen molar-refractivity contribution >= 4 is 35.2 Å². The molecule has 3 aromatic rings. The van der Waals surface area contributed by atoms with Crippen molar-refractivity contribution < 1.29 is 23.9 Å². The fourth-order valence-electron chi connectivity index (χ4n) is 5.42. The molecule has 0 bridgehead atoms. The van der Waals surface area contributed by atoms with Crippen molar-refractivity contribution in [2.24, 2.45) is 5.92 Å². The zero-order valence-electron chi connectivity index (χ0n) is 21.2. The molecule has 2 aliphatic rings. The molecule has 0 N–H and O–H groups in total. The molecule has 188 valence electrons. The predicted molar refractivity (Wildman–Crippen MR) is 139 cm³/mol. The fraction of sp³-hybridized carbons (Fsp3) is 0.267. The molecule has 0 aromatic heterocycles. The molecule has 2 aliphatic heterocycles. The Kier molecular flexibility index (Phi) is 5.74. The predicted octanol–water partition coefficient (Wildman–Crippen LogP) is 5.14. The van der Waals surface area contributed by atoms with E-state index in [1.165, 1.54) is 0 Å². The molecule has 0 aliphatic carbocycles. The number of hydrogen-bond acceptors (Lipinski definition) is 5. The molecule has 2 heterocycles. The summed E-state index contributed by atoms with van der Waals surface area (Å²) >= 11 is 0. The smallest absolute Gasteiger partial charge is 0.421 e. The number of amides is 4. The lowest BCUT2D eigenvalue weighted by Gasteiger charge is -2.33. The number of benzene rings is 3. The minimum absolute atomic E-state index is 0.177. The van der Waals surface area contributed by atoms with Gasteiger partial charge in [-0.25, -0.2) is 9.69 Å². The standard InChI is InChI=1S/C30H28N2O5/c1-19-11-10-14-21(17-19)31-25(33)18-23(26(31)34)30(20-12-6-5-7-13-20)22-15-8-9-16-24(22)32(27(30)35)28(36)37-29(2,3)4/h5-17,23H,18H2,1-4H3/t23-,30?/m1/s1. The molecule has 0 spiro atoms. The monoisotopic (exact) mass is 496 g/mol. The number of nitrogens with zero attached hydrogens (tertiary/aromatic N) is 2. The third-order valence-corrected chi connectivity index (χ3v) is 6.84. The van der Waals surface area contributed by atoms with Crippen LogP contribution in [0, 0.1) is 12.8 Å². The highest BCUT2D eigenvalue weighted by molar-refractivity contribution is 6.28. The number of aryl methyl sites for hydroxylation is 1. The van der Waals surface area contributed by atoms with Crippen LogP contribution in [0.4, 0.5) is 16.2 Å². The first kappa shape index (κ1) is 24.4. The van der Waals surface area contributed by atoms with Gasteiger partial charge < -0.3 is 4.74 Å². The number of carbonyl (C=O) groups excluding carboxylic acids is 4. The topological polar surface area (TPSA) is 84.0 Å². The molecule has 7 heteroatoms. The van der Waals surface area contributed by atoms with Crippen molar-refractivity contribution in [1.29, 1.82) is 0 Å². The van der Waals surface area contributed by atoms with Crippen molar-refractivity contribution in [3.8, 4) is 0 Å². The summed E-state index contributed by atoms with van der Waals surface area (Å²) < 4.78 is 5.60. The summed E-state index contributed by atoms with van der Waals surface area (Å²) in [5.74, 6) is -2.53. The minimum Gasteiger partial charge on any atom is -0.443 e. The van der Waals surface area contributed by atoms with Gasteiger partial charge in [-0.05, 0) is 62.6 Å². The first-order valence-corrected chi connectivity index (χ1v) is 12.2. The summed E-state index contributed by atoms with van der Waals surface area (Å²) in [5.41, 5.74) is 0.317. The van der Waals surface area contributed by atoms with Gasteiger partial charge >= 0.3 is 6.09 Å². The molecular formula is C30H28N2O5. The van der Waals surface area contributed by atoms with Gasteiger partial charge in [0.25, 0.3) is 5.91 Å². The number of anilines is 2. The molecule has 4 amide bonds. The van der Waals surface area contributed by atoms with Crippen LogP contribution in [0.25, 0.3) is 0 Å². The Bertz CT molecular complexity index is 1430. The molecule has 1 unspecified atom stereocenters. The highest BCUT2D eigenvalue weighted by atomic mass is 16.6. The third kappa shape index (κ3) is 3.82. The van der Waals surface area contributed by atoms with Crippen LogP contribution in [-0.2, 0) is 24.5 Å². The number of imide groups is 2. The van der Waals surface area contributed by atoms with Gasteiger partial charge in [0.1, 0.15) is 11.0 Å². The van der Waals surface area contributed by atoms with Gasteiger partial charge in [-0.2, -0.15) is 0 Å². The highest BCUT2D eigenvalue weighted by Crippen LogP contribution is 2.54. The summed E-state index contributed by atoms with van der Waals surface area (Å²) in [5, 5.41) is 0. The van der Waals surface area contributed by atoms with Crippen molar-refractivity contribution in [3.05, 3.63) is 95.6 Å². The van der Waals surface area contributed by atoms with Crippen LogP contribution < -0.4 is 9.80 Å². The van der Waals surface area contributed by atoms with Crippen molar-refractivity contribution in [2.45, 2.75) is 45.1 Å². The van der Waals surface area contributed by atoms with Gasteiger partial charge in [0.05, 0.1) is 17.3 Å². The van der Waals surface area contributed by atoms with Crippen LogP contribution in [0.3, 0.4) is 0 Å². The largest absolute Gasteiger partial charge is 0.443 e. The zero-order valence-corrected chi connectivity index (χ0v) is 21.2. The lowest BCUT2D eigenvalue weighted by Crippen LogP contribution is -2.51. The number of para-hydroxylation sites is 1. The second-order valence-electron chi connectivity index (χ2n) is 10.5. The van der Waals surface area contributed by atoms with Crippen molar-refractivity contribution in [3.63, 3.8) is 0 Å². The van der Waals surface area contributed by atoms with Gasteiger partial charge in [-0.3, -0.25) is 19.3 Å². The van der Waals surface area contributed by atoms with E-state index in [2.05, 4.69) is 0 Å². The Morgan fingerprint density at radius 2 is 1.59 bits per heavy atom. The fourth-order valence-corrected chi connectivity index (χ4v) is 5.42. The van der Waals surface area contributed by atoms with E-state index in [1.807, 2.05) is 19.1 Å². The third-order valence-electron chi connectivity index (χ3n) is 6.84. The molecule has 2 atom stereocenters. The van der Waals surface area contributed by atoms with Crippen molar-refractivity contribution in [2.75, 3.05) is 9.80 Å². The Balaban J connectivity index is 1.71. The van der Waals surface area contributed by atoms with Crippen LogP contribution in [-0.4, -0.2) is 29.4 Å². The quantitative estimate of drug-likeness (QED) is 0.469. The molecule has 0 radical (unpaired) electrons. The molecule has 3 aromatic carbocycles. The maximum absolute atomic E-state index is 14.5. The molecule has 7 nitrogen and oxygen atoms in total. The first-order chi connectivity index (χ1) is 17.6. The van der Waals surface area contributed by atoms with E-state index < -0.39 is 40.7 Å². The summed E-state index contributed by atoms with van der Waals surface area (Å²) in [6.07, 6.45) is -1.00. The second kappa shape index (κ2) is 8.69. The van der Waals surface area contributed by atoms with Crippen LogP contribution >= 0.6 is 0 Å². The zero-order chi connectivity index (χ0) is 26.5. The van der Waals surface area contributed by atoms with Gasteiger partial charge in [0.15, 0.2) is 0 Å². The lowest BCUT2D eigenvalue weighted by atomic mass is 9.65. The number of ether oxygens (including phenoxy) is 1. The van der Waals surface area contributed by atoms with Gasteiger partial charge in [0.2, 0.25) is 11.8 Å². The SMILES string of the molecule is Cc1cccc(N2C(=O)C[C@@H](C3(c4ccccc4)C(=O)N(C(=O)OC(C)(C)C)c4ccccc43)C2=O)c1. The van der Waals surface area contributed by atoms with Crippen LogP contribution in [0.2, 0.25) is 0 Å². The van der Waals surface area contributed by atoms with Crippen LogP contribution in [0.15, 0.2) is 78.9 Å². The summed E-state index contributed by atoms with van der Waals surface area (Å²) in [4.78, 5) is 57.4. The molecule has 37 heavy (non-hydrogen) atoms. The number of hydrogen-bond donors (Lipinski definition) is 0. The number of carbonyl (C=O) groups is 4. The van der Waals surface area contributed by atoms with E-state index >= 15 is 0 Å². The van der Waals surface area contributed by atoms with E-state index in [9.17, 15) is 19.2 Å². The number of fused-ring (bicyclic) bond motifs is 1. The first-order valence-electron chi connectivity index (χ1n) is 12.2. The van der Waals surface area contributed by atoms with Crippen LogP contribution in [0.1, 0.15) is 43.9 Å².